The molecule has 218 valence electrons. The smallest absolute Gasteiger partial charge is 0.186 e. The van der Waals surface area contributed by atoms with Crippen LogP contribution in [0.1, 0.15) is 59.8 Å². The molecule has 2 aliphatic heterocycles. The fourth-order valence-corrected chi connectivity index (χ4v) is 7.59. The van der Waals surface area contributed by atoms with Crippen LogP contribution >= 0.6 is 0 Å². The highest BCUT2D eigenvalue weighted by molar-refractivity contribution is 7.91. The fourth-order valence-electron chi connectivity index (χ4n) is 5.82. The number of hydrogen-bond acceptors (Lipinski definition) is 11. The van der Waals surface area contributed by atoms with Gasteiger partial charge in [-0.25, -0.2) is 8.42 Å². The van der Waals surface area contributed by atoms with Crippen LogP contribution in [0.2, 0.25) is 0 Å². The van der Waals surface area contributed by atoms with E-state index in [0.717, 1.165) is 19.3 Å². The van der Waals surface area contributed by atoms with E-state index in [1.807, 2.05) is 13.8 Å². The lowest BCUT2D eigenvalue weighted by Crippen LogP contribution is -2.65. The third-order valence-electron chi connectivity index (χ3n) is 8.07. The monoisotopic (exact) mass is 553 g/mol. The molecule has 11 nitrogen and oxygen atoms in total. The molecule has 0 aromatic carbocycles. The Morgan fingerprint density at radius 2 is 1.59 bits per heavy atom. The third-order valence-corrected chi connectivity index (χ3v) is 10.0. The minimum absolute atomic E-state index is 0.0126. The molecule has 12 heteroatoms. The highest BCUT2D eigenvalue weighted by Crippen LogP contribution is 2.39. The number of aliphatic hydroxyl groups excluding tert-OH is 4. The molecule has 3 rings (SSSR count). The predicted octanol–water partition coefficient (Wildman–Crippen LogP) is -0.0840. The maximum absolute atomic E-state index is 12.8. The van der Waals surface area contributed by atoms with Crippen LogP contribution < -0.4 is 5.73 Å². The molecule has 2 heterocycles. The highest BCUT2D eigenvalue weighted by Gasteiger charge is 2.50. The van der Waals surface area contributed by atoms with E-state index in [9.17, 15) is 28.8 Å². The average molecular weight is 554 g/mol. The second-order valence-electron chi connectivity index (χ2n) is 11.2. The van der Waals surface area contributed by atoms with E-state index < -0.39 is 77.6 Å². The maximum atomic E-state index is 12.8. The van der Waals surface area contributed by atoms with Crippen molar-refractivity contribution in [2.75, 3.05) is 18.1 Å². The Labute approximate surface area is 220 Å². The first-order chi connectivity index (χ1) is 17.4. The average Bonchev–Trinajstić information content (AvgIpc) is 2.84. The molecule has 1 saturated carbocycles. The third kappa shape index (κ3) is 7.41. The maximum Gasteiger partial charge on any atom is 0.186 e. The van der Waals surface area contributed by atoms with Gasteiger partial charge in [-0.2, -0.15) is 0 Å². The summed E-state index contributed by atoms with van der Waals surface area (Å²) in [6, 6.07) is -1.16. The summed E-state index contributed by atoms with van der Waals surface area (Å²) in [4.78, 5) is 0. The number of ether oxygens (including phenoxy) is 4. The Morgan fingerprint density at radius 1 is 0.919 bits per heavy atom. The van der Waals surface area contributed by atoms with Crippen molar-refractivity contribution in [1.82, 2.24) is 0 Å². The van der Waals surface area contributed by atoms with E-state index in [0.29, 0.717) is 12.8 Å². The number of sulfone groups is 1. The Balaban J connectivity index is 1.84. The minimum Gasteiger partial charge on any atom is -0.394 e. The summed E-state index contributed by atoms with van der Waals surface area (Å²) in [6.07, 6.45) is -5.09. The van der Waals surface area contributed by atoms with E-state index in [1.54, 1.807) is 6.92 Å². The number of aliphatic hydroxyl groups is 4. The van der Waals surface area contributed by atoms with Gasteiger partial charge >= 0.3 is 0 Å². The van der Waals surface area contributed by atoms with Crippen molar-refractivity contribution in [3.63, 3.8) is 0 Å². The van der Waals surface area contributed by atoms with E-state index in [1.165, 1.54) is 0 Å². The minimum atomic E-state index is -3.43. The zero-order chi connectivity index (χ0) is 27.5. The lowest BCUT2D eigenvalue weighted by atomic mass is 9.77. The fraction of sp³-hybridized carbons (Fsp3) is 1.00. The molecule has 3 fully saturated rings. The van der Waals surface area contributed by atoms with E-state index in [4.69, 9.17) is 24.7 Å². The van der Waals surface area contributed by atoms with Gasteiger partial charge in [-0.1, -0.05) is 27.7 Å². The molecule has 0 spiro atoms. The first kappa shape index (κ1) is 31.1. The molecule has 0 aromatic rings. The second kappa shape index (κ2) is 13.3. The Kier molecular flexibility index (Phi) is 11.2. The summed E-state index contributed by atoms with van der Waals surface area (Å²) in [5.41, 5.74) is 5.94. The molecule has 1 aliphatic carbocycles. The van der Waals surface area contributed by atoms with E-state index >= 15 is 0 Å². The van der Waals surface area contributed by atoms with Crippen LogP contribution in [-0.2, 0) is 28.8 Å². The van der Waals surface area contributed by atoms with Crippen molar-refractivity contribution in [2.45, 2.75) is 121 Å². The normalized spacial score (nSPS) is 45.6. The van der Waals surface area contributed by atoms with Crippen LogP contribution in [-0.4, -0.2) is 108 Å². The van der Waals surface area contributed by atoms with Gasteiger partial charge in [0, 0.05) is 17.6 Å². The van der Waals surface area contributed by atoms with Crippen molar-refractivity contribution in [1.29, 1.82) is 0 Å². The molecule has 6 N–H and O–H groups in total. The molecule has 37 heavy (non-hydrogen) atoms. The SMILES string of the molecule is CCCS(=O)(=O)C[C@@H]1C[C@H](C)C(O[C@H]2O[C@H](CC)CC[C@H]2C)[C@H](O)[C@H]1O[C@H]1O[C@H](CO)[C@@H](O)[C@H](N)[C@H]1O. The summed E-state index contributed by atoms with van der Waals surface area (Å²) in [6.45, 7) is 7.24. The molecular formula is C25H47NO10S. The van der Waals surface area contributed by atoms with E-state index in [2.05, 4.69) is 6.92 Å². The number of rotatable bonds is 10. The standard InChI is InChI=1S/C25H47NO10S/c1-5-9-37(31,32)12-15-10-14(4)22(35-24-13(3)7-8-16(6-2)33-24)21(30)23(15)36-25-20(29)18(26)19(28)17(11-27)34-25/h13-25,27-30H,5-12,26H2,1-4H3/t13-,14+,15+,16-,17-,18+,19-,20-,21+,22?,23+,24-,25-/m1/s1. The van der Waals surface area contributed by atoms with Gasteiger partial charge in [-0.05, 0) is 38.0 Å². The van der Waals surface area contributed by atoms with Crippen LogP contribution in [0.25, 0.3) is 0 Å². The highest BCUT2D eigenvalue weighted by atomic mass is 32.2. The zero-order valence-corrected chi connectivity index (χ0v) is 23.2. The van der Waals surface area contributed by atoms with Gasteiger partial charge in [-0.3, -0.25) is 0 Å². The van der Waals surface area contributed by atoms with Gasteiger partial charge in [0.2, 0.25) is 0 Å². The van der Waals surface area contributed by atoms with Crippen molar-refractivity contribution in [3.8, 4) is 0 Å². The molecule has 13 atom stereocenters. The first-order valence-corrected chi connectivity index (χ1v) is 15.5. The lowest BCUT2D eigenvalue weighted by molar-refractivity contribution is -0.322. The second-order valence-corrected chi connectivity index (χ2v) is 13.4. The topological polar surface area (TPSA) is 178 Å². The predicted molar refractivity (Wildman–Crippen MR) is 135 cm³/mol. The number of nitrogens with two attached hydrogens (primary N) is 1. The van der Waals surface area contributed by atoms with Crippen molar-refractivity contribution < 1.29 is 47.8 Å². The lowest BCUT2D eigenvalue weighted by Gasteiger charge is -2.48. The van der Waals surface area contributed by atoms with Crippen LogP contribution in [0.3, 0.4) is 0 Å². The molecule has 2 saturated heterocycles. The Bertz CT molecular complexity index is 813. The molecule has 1 unspecified atom stereocenters. The van der Waals surface area contributed by atoms with Crippen LogP contribution in [0.4, 0.5) is 0 Å². The van der Waals surface area contributed by atoms with Crippen LogP contribution in [0.5, 0.6) is 0 Å². The first-order valence-electron chi connectivity index (χ1n) is 13.6. The van der Waals surface area contributed by atoms with Gasteiger partial charge in [0.1, 0.15) is 24.4 Å². The molecule has 0 radical (unpaired) electrons. The Morgan fingerprint density at radius 3 is 2.22 bits per heavy atom. The summed E-state index contributed by atoms with van der Waals surface area (Å²) in [5.74, 6) is -0.854. The largest absolute Gasteiger partial charge is 0.394 e. The van der Waals surface area contributed by atoms with Gasteiger partial charge in [0.25, 0.3) is 0 Å². The van der Waals surface area contributed by atoms with Crippen molar-refractivity contribution in [2.24, 2.45) is 23.5 Å². The molecule has 0 amide bonds. The van der Waals surface area contributed by atoms with Crippen LogP contribution in [0, 0.1) is 17.8 Å². The quantitative estimate of drug-likeness (QED) is 0.244. The molecule has 0 aromatic heterocycles. The summed E-state index contributed by atoms with van der Waals surface area (Å²) in [7, 11) is -3.43. The Hall–Kier alpha value is -0.410. The van der Waals surface area contributed by atoms with Crippen molar-refractivity contribution in [3.05, 3.63) is 0 Å². The zero-order valence-electron chi connectivity index (χ0n) is 22.4. The van der Waals surface area contributed by atoms with Gasteiger partial charge in [0.05, 0.1) is 36.7 Å². The van der Waals surface area contributed by atoms with Gasteiger partial charge < -0.3 is 45.1 Å². The molecule has 3 aliphatic rings. The van der Waals surface area contributed by atoms with E-state index in [-0.39, 0.29) is 29.4 Å². The summed E-state index contributed by atoms with van der Waals surface area (Å²) >= 11 is 0. The molecular weight excluding hydrogens is 506 g/mol. The summed E-state index contributed by atoms with van der Waals surface area (Å²) < 4.78 is 49.7. The van der Waals surface area contributed by atoms with Crippen LogP contribution in [0.15, 0.2) is 0 Å². The van der Waals surface area contributed by atoms with Gasteiger partial charge in [0.15, 0.2) is 22.4 Å². The number of hydrogen-bond donors (Lipinski definition) is 5. The van der Waals surface area contributed by atoms with Gasteiger partial charge in [-0.15, -0.1) is 0 Å². The molecule has 0 bridgehead atoms. The van der Waals surface area contributed by atoms with Crippen molar-refractivity contribution >= 4 is 9.84 Å². The summed E-state index contributed by atoms with van der Waals surface area (Å²) in [5, 5.41) is 41.9.